The number of fused-ring (bicyclic) bond motifs is 1. The van der Waals surface area contributed by atoms with Gasteiger partial charge in [-0.15, -0.1) is 0 Å². The average Bonchev–Trinajstić information content (AvgIpc) is 3.31. The molecule has 0 bridgehead atoms. The summed E-state index contributed by atoms with van der Waals surface area (Å²) in [5.41, 5.74) is 5.45. The maximum Gasteiger partial charge on any atom is 0.250 e. The minimum atomic E-state index is -0.772. The number of aliphatic imine (C=N–C) groups is 2. The molecule has 7 rings (SSSR count). The molecule has 5 aliphatic rings. The average molecular weight is 531 g/mol. The van der Waals surface area contributed by atoms with Crippen molar-refractivity contribution in [3.05, 3.63) is 41.9 Å². The molecule has 1 atom stereocenters. The van der Waals surface area contributed by atoms with Gasteiger partial charge in [-0.2, -0.15) is 10.1 Å². The lowest BCUT2D eigenvalue weighted by atomic mass is 9.97. The minimum absolute atomic E-state index is 0.0759. The number of nitrogens with one attached hydrogen (secondary N) is 3. The van der Waals surface area contributed by atoms with Crippen LogP contribution in [-0.2, 0) is 9.53 Å². The number of anilines is 2. The van der Waals surface area contributed by atoms with Gasteiger partial charge in [0.25, 0.3) is 0 Å². The van der Waals surface area contributed by atoms with Crippen LogP contribution in [0.2, 0.25) is 0 Å². The Hall–Kier alpha value is -3.93. The third-order valence-electron chi connectivity index (χ3n) is 8.21. The number of amides is 1. The number of nitrogens with zero attached hydrogens (tertiary/aromatic N) is 7. The van der Waals surface area contributed by atoms with E-state index in [9.17, 15) is 4.79 Å². The van der Waals surface area contributed by atoms with E-state index in [0.29, 0.717) is 42.4 Å². The molecule has 2 aromatic rings. The van der Waals surface area contributed by atoms with Crippen LogP contribution in [0.15, 0.2) is 46.2 Å². The Morgan fingerprint density at radius 2 is 2.08 bits per heavy atom. The molecule has 4 aliphatic heterocycles. The van der Waals surface area contributed by atoms with Gasteiger partial charge in [-0.05, 0) is 51.2 Å². The number of pyridine rings is 1. The first-order valence-corrected chi connectivity index (χ1v) is 13.9. The summed E-state index contributed by atoms with van der Waals surface area (Å²) in [5.74, 6) is 3.30. The van der Waals surface area contributed by atoms with Crippen LogP contribution in [0.3, 0.4) is 0 Å². The van der Waals surface area contributed by atoms with Gasteiger partial charge in [0.1, 0.15) is 11.4 Å². The Balaban J connectivity index is 1.11. The fourth-order valence-electron chi connectivity index (χ4n) is 5.73. The second-order valence-corrected chi connectivity index (χ2v) is 11.0. The molecule has 3 fully saturated rings. The van der Waals surface area contributed by atoms with Crippen molar-refractivity contribution in [2.75, 3.05) is 49.6 Å². The summed E-state index contributed by atoms with van der Waals surface area (Å²) >= 11 is 0. The second kappa shape index (κ2) is 9.67. The maximum atomic E-state index is 13.7. The van der Waals surface area contributed by atoms with Crippen molar-refractivity contribution in [2.45, 2.75) is 50.5 Å². The molecule has 1 saturated carbocycles. The predicted octanol–water partition coefficient (Wildman–Crippen LogP) is 2.51. The first kappa shape index (κ1) is 24.1. The Kier molecular flexibility index (Phi) is 5.98. The Labute approximate surface area is 227 Å². The number of hydrazine groups is 1. The highest BCUT2D eigenvalue weighted by atomic mass is 16.5. The van der Waals surface area contributed by atoms with Gasteiger partial charge in [0.05, 0.1) is 30.8 Å². The summed E-state index contributed by atoms with van der Waals surface area (Å²) in [6.45, 7) is 6.57. The standard InChI is InChI=1S/C27H34N10O2/c1-27(25(38)29-19-7-8-23(28-17-19)35-12-14-39-15-13-35)9-3-10-36(27)26-31-24(21-4-2-11-37(21)34-26)30-22-16-20(32-33-22)18-5-6-18/h4,7-8,16-18H,2-3,5-6,9-15H2,1H3,(H,29,38)(H2,30,31,32,33,34)/t27-/m0/s1. The van der Waals surface area contributed by atoms with E-state index in [1.807, 2.05) is 25.1 Å². The van der Waals surface area contributed by atoms with E-state index < -0.39 is 5.54 Å². The van der Waals surface area contributed by atoms with Crippen molar-refractivity contribution >= 4 is 35.0 Å². The molecule has 0 radical (unpaired) electrons. The van der Waals surface area contributed by atoms with E-state index in [2.05, 4.69) is 46.8 Å². The lowest BCUT2D eigenvalue weighted by Crippen LogP contribution is -2.60. The highest BCUT2D eigenvalue weighted by Crippen LogP contribution is 2.40. The molecular weight excluding hydrogens is 496 g/mol. The van der Waals surface area contributed by atoms with E-state index in [-0.39, 0.29) is 5.91 Å². The molecule has 12 nitrogen and oxygen atoms in total. The second-order valence-electron chi connectivity index (χ2n) is 11.0. The van der Waals surface area contributed by atoms with Crippen molar-refractivity contribution in [1.82, 2.24) is 30.5 Å². The van der Waals surface area contributed by atoms with E-state index in [0.717, 1.165) is 62.7 Å². The van der Waals surface area contributed by atoms with Crippen LogP contribution < -0.4 is 15.6 Å². The number of hydrogen-bond donors (Lipinski definition) is 3. The van der Waals surface area contributed by atoms with Gasteiger partial charge < -0.3 is 19.9 Å². The van der Waals surface area contributed by atoms with Crippen LogP contribution >= 0.6 is 0 Å². The van der Waals surface area contributed by atoms with Crippen LogP contribution in [0.1, 0.15) is 50.6 Å². The van der Waals surface area contributed by atoms with Crippen LogP contribution in [0.5, 0.6) is 0 Å². The van der Waals surface area contributed by atoms with Gasteiger partial charge >= 0.3 is 0 Å². The zero-order chi connectivity index (χ0) is 26.4. The predicted molar refractivity (Wildman–Crippen MR) is 148 cm³/mol. The third-order valence-corrected chi connectivity index (χ3v) is 8.21. The summed E-state index contributed by atoms with van der Waals surface area (Å²) in [7, 11) is 0. The van der Waals surface area contributed by atoms with Crippen LogP contribution in [0, 0.1) is 0 Å². The Bertz CT molecular complexity index is 1340. The first-order chi connectivity index (χ1) is 19.1. The molecule has 1 amide bonds. The van der Waals surface area contributed by atoms with Crippen molar-refractivity contribution in [1.29, 1.82) is 0 Å². The van der Waals surface area contributed by atoms with Crippen LogP contribution in [0.4, 0.5) is 17.3 Å². The molecule has 1 aliphatic carbocycles. The molecule has 2 saturated heterocycles. The zero-order valence-corrected chi connectivity index (χ0v) is 22.2. The molecule has 0 unspecified atom stereocenters. The van der Waals surface area contributed by atoms with Gasteiger partial charge in [0.15, 0.2) is 11.7 Å². The van der Waals surface area contributed by atoms with Gasteiger partial charge in [-0.3, -0.25) is 20.3 Å². The SMILES string of the molecule is C[C@@]1(C(=O)Nc2ccc(N3CCOCC3)nc2)CCCN1C1=NC(=Nc2cc(C3CC3)[nH]n2)C2=CCCN2N1. The molecule has 204 valence electrons. The van der Waals surface area contributed by atoms with Crippen molar-refractivity contribution in [2.24, 2.45) is 9.98 Å². The number of rotatable bonds is 5. The lowest BCUT2D eigenvalue weighted by Gasteiger charge is -2.40. The summed E-state index contributed by atoms with van der Waals surface area (Å²) < 4.78 is 5.43. The van der Waals surface area contributed by atoms with Gasteiger partial charge in [-0.25, -0.2) is 9.98 Å². The van der Waals surface area contributed by atoms with Gasteiger partial charge in [-0.1, -0.05) is 6.08 Å². The topological polar surface area (TPSA) is 126 Å². The number of ether oxygens (including phenoxy) is 1. The highest BCUT2D eigenvalue weighted by Gasteiger charge is 2.46. The maximum absolute atomic E-state index is 13.7. The number of aromatic nitrogens is 3. The molecular formula is C27H34N10O2. The number of morpholine rings is 1. The quantitative estimate of drug-likeness (QED) is 0.538. The van der Waals surface area contributed by atoms with Crippen LogP contribution in [0.25, 0.3) is 0 Å². The van der Waals surface area contributed by atoms with Gasteiger partial charge in [0, 0.05) is 43.9 Å². The number of carbonyl (C=O) groups is 1. The van der Waals surface area contributed by atoms with Crippen molar-refractivity contribution < 1.29 is 9.53 Å². The highest BCUT2D eigenvalue weighted by molar-refractivity contribution is 6.10. The zero-order valence-electron chi connectivity index (χ0n) is 22.2. The Morgan fingerprint density at radius 1 is 1.21 bits per heavy atom. The minimum Gasteiger partial charge on any atom is -0.378 e. The lowest BCUT2D eigenvalue weighted by molar-refractivity contribution is -0.123. The van der Waals surface area contributed by atoms with E-state index in [1.165, 1.54) is 12.8 Å². The summed E-state index contributed by atoms with van der Waals surface area (Å²) in [6.07, 6.45) is 8.79. The number of amidine groups is 1. The first-order valence-electron chi connectivity index (χ1n) is 13.9. The fraction of sp³-hybridized carbons (Fsp3) is 0.519. The monoisotopic (exact) mass is 530 g/mol. The van der Waals surface area contributed by atoms with Crippen molar-refractivity contribution in [3.63, 3.8) is 0 Å². The molecule has 39 heavy (non-hydrogen) atoms. The summed E-state index contributed by atoms with van der Waals surface area (Å²) in [5, 5.41) is 12.7. The number of hydrogen-bond acceptors (Lipinski definition) is 9. The van der Waals surface area contributed by atoms with E-state index in [1.54, 1.807) is 6.20 Å². The molecule has 2 aromatic heterocycles. The van der Waals surface area contributed by atoms with Crippen LogP contribution in [-0.4, -0.2) is 87.7 Å². The van der Waals surface area contributed by atoms with E-state index in [4.69, 9.17) is 14.7 Å². The van der Waals surface area contributed by atoms with Crippen molar-refractivity contribution in [3.8, 4) is 0 Å². The summed E-state index contributed by atoms with van der Waals surface area (Å²) in [6, 6.07) is 5.89. The number of likely N-dealkylation sites (tertiary alicyclic amines) is 1. The van der Waals surface area contributed by atoms with E-state index >= 15 is 0 Å². The molecule has 0 aromatic carbocycles. The Morgan fingerprint density at radius 3 is 2.87 bits per heavy atom. The molecule has 0 spiro atoms. The van der Waals surface area contributed by atoms with Gasteiger partial charge in [0.2, 0.25) is 11.9 Å². The number of guanidine groups is 1. The number of H-pyrrole nitrogens is 1. The fourth-order valence-corrected chi connectivity index (χ4v) is 5.73. The molecule has 12 heteroatoms. The summed E-state index contributed by atoms with van der Waals surface area (Å²) in [4.78, 5) is 32.3. The largest absolute Gasteiger partial charge is 0.378 e. The number of carbonyl (C=O) groups excluding carboxylic acids is 1. The molecule has 3 N–H and O–H groups in total. The smallest absolute Gasteiger partial charge is 0.250 e. The number of aromatic amines is 1. The normalized spacial score (nSPS) is 25.9. The molecule has 6 heterocycles. The third kappa shape index (κ3) is 4.62.